The minimum absolute atomic E-state index is 0.1000. The van der Waals surface area contributed by atoms with Gasteiger partial charge in [-0.2, -0.15) is 0 Å². The summed E-state index contributed by atoms with van der Waals surface area (Å²) in [5.74, 6) is -0.0919. The number of anilines is 1. The monoisotopic (exact) mass is 297 g/mol. The van der Waals surface area contributed by atoms with Gasteiger partial charge in [0.25, 0.3) is 0 Å². The lowest BCUT2D eigenvalue weighted by atomic mass is 9.96. The van der Waals surface area contributed by atoms with Gasteiger partial charge in [-0.1, -0.05) is 6.07 Å². The Bertz CT molecular complexity index is 622. The molecule has 6 nitrogen and oxygen atoms in total. The number of amides is 1. The van der Waals surface area contributed by atoms with Crippen LogP contribution >= 0.6 is 0 Å². The van der Waals surface area contributed by atoms with E-state index in [4.69, 9.17) is 5.73 Å². The van der Waals surface area contributed by atoms with E-state index in [0.717, 1.165) is 12.8 Å². The molecule has 7 heteroatoms. The Morgan fingerprint density at radius 1 is 1.40 bits per heavy atom. The molecular formula is C13H19N3O3S. The van der Waals surface area contributed by atoms with Crippen molar-refractivity contribution in [1.82, 2.24) is 4.72 Å². The number of nitrogens with one attached hydrogen (secondary N) is 2. The smallest absolute Gasteiger partial charge is 0.244 e. The predicted octanol–water partition coefficient (Wildman–Crippen LogP) is 0.661. The van der Waals surface area contributed by atoms with Crippen LogP contribution in [0.25, 0.3) is 0 Å². The zero-order valence-corrected chi connectivity index (χ0v) is 12.3. The van der Waals surface area contributed by atoms with Crippen LogP contribution in [0.15, 0.2) is 29.2 Å². The highest BCUT2D eigenvalue weighted by atomic mass is 32.2. The van der Waals surface area contributed by atoms with Crippen molar-refractivity contribution in [3.63, 3.8) is 0 Å². The molecule has 0 aromatic heterocycles. The molecule has 4 N–H and O–H groups in total. The van der Waals surface area contributed by atoms with E-state index in [0.29, 0.717) is 5.69 Å². The van der Waals surface area contributed by atoms with Gasteiger partial charge in [0.2, 0.25) is 15.9 Å². The van der Waals surface area contributed by atoms with E-state index in [9.17, 15) is 13.2 Å². The third kappa shape index (κ3) is 3.00. The molecule has 0 saturated heterocycles. The molecule has 2 rings (SSSR count). The number of carbonyl (C=O) groups is 1. The molecule has 20 heavy (non-hydrogen) atoms. The fraction of sp³-hybridized carbons (Fsp3) is 0.462. The van der Waals surface area contributed by atoms with Crippen LogP contribution in [-0.2, 0) is 14.8 Å². The van der Waals surface area contributed by atoms with Crippen molar-refractivity contribution in [3.05, 3.63) is 24.3 Å². The maximum absolute atomic E-state index is 12.1. The number of sulfonamides is 1. The van der Waals surface area contributed by atoms with Gasteiger partial charge in [0.05, 0.1) is 10.4 Å². The minimum atomic E-state index is -3.53. The first-order valence-corrected chi connectivity index (χ1v) is 7.89. The van der Waals surface area contributed by atoms with Crippen molar-refractivity contribution < 1.29 is 13.2 Å². The first kappa shape index (κ1) is 15.0. The van der Waals surface area contributed by atoms with Crippen LogP contribution in [0.1, 0.15) is 19.8 Å². The molecule has 0 heterocycles. The van der Waals surface area contributed by atoms with Crippen LogP contribution in [0, 0.1) is 5.92 Å². The van der Waals surface area contributed by atoms with Gasteiger partial charge in [-0.3, -0.25) is 4.79 Å². The summed E-state index contributed by atoms with van der Waals surface area (Å²) in [6, 6.07) is 6.08. The Balaban J connectivity index is 2.18. The average molecular weight is 297 g/mol. The standard InChI is InChI=1S/C13H19N3O3S/c1-13(14,9-6-7-9)12(17)16-10-4-3-5-11(8-10)20(18,19)15-2/h3-5,8-9,15H,6-7,14H2,1-2H3,(H,16,17). The summed E-state index contributed by atoms with van der Waals surface area (Å²) < 4.78 is 25.6. The lowest BCUT2D eigenvalue weighted by molar-refractivity contribution is -0.121. The third-order valence-corrected chi connectivity index (χ3v) is 5.00. The second-order valence-electron chi connectivity index (χ2n) is 5.25. The van der Waals surface area contributed by atoms with Crippen LogP contribution in [0.3, 0.4) is 0 Å². The molecule has 1 atom stereocenters. The average Bonchev–Trinajstić information content (AvgIpc) is 3.23. The normalized spacial score (nSPS) is 18.4. The highest BCUT2D eigenvalue weighted by Crippen LogP contribution is 2.38. The molecule has 1 fully saturated rings. The zero-order valence-electron chi connectivity index (χ0n) is 11.5. The molecule has 1 aliphatic carbocycles. The topological polar surface area (TPSA) is 101 Å². The summed E-state index contributed by atoms with van der Waals surface area (Å²) in [6.45, 7) is 1.70. The molecule has 1 aromatic rings. The highest BCUT2D eigenvalue weighted by Gasteiger charge is 2.44. The number of hydrogen-bond donors (Lipinski definition) is 3. The molecule has 1 saturated carbocycles. The first-order valence-electron chi connectivity index (χ1n) is 6.41. The Hall–Kier alpha value is -1.44. The Labute approximate surface area is 118 Å². The lowest BCUT2D eigenvalue weighted by Gasteiger charge is -2.23. The highest BCUT2D eigenvalue weighted by molar-refractivity contribution is 7.89. The fourth-order valence-corrected chi connectivity index (χ4v) is 2.77. The molecule has 1 unspecified atom stereocenters. The SMILES string of the molecule is CNS(=O)(=O)c1cccc(NC(=O)C(C)(N)C2CC2)c1. The number of benzene rings is 1. The molecule has 1 amide bonds. The summed E-state index contributed by atoms with van der Waals surface area (Å²) in [7, 11) is -2.19. The number of carbonyl (C=O) groups excluding carboxylic acids is 1. The zero-order chi connectivity index (χ0) is 15.0. The lowest BCUT2D eigenvalue weighted by Crippen LogP contribution is -2.50. The van der Waals surface area contributed by atoms with Crippen LogP contribution in [0.4, 0.5) is 5.69 Å². The second-order valence-corrected chi connectivity index (χ2v) is 7.13. The van der Waals surface area contributed by atoms with Crippen LogP contribution in [0.5, 0.6) is 0 Å². The van der Waals surface area contributed by atoms with Crippen LogP contribution in [0.2, 0.25) is 0 Å². The van der Waals surface area contributed by atoms with Crippen molar-refractivity contribution in [2.24, 2.45) is 11.7 Å². The van der Waals surface area contributed by atoms with Crippen molar-refractivity contribution in [1.29, 1.82) is 0 Å². The largest absolute Gasteiger partial charge is 0.324 e. The summed E-state index contributed by atoms with van der Waals surface area (Å²) in [5.41, 5.74) is 5.52. The van der Waals surface area contributed by atoms with Crippen molar-refractivity contribution in [2.45, 2.75) is 30.2 Å². The van der Waals surface area contributed by atoms with Crippen molar-refractivity contribution >= 4 is 21.6 Å². The number of rotatable bonds is 5. The van der Waals surface area contributed by atoms with E-state index in [1.165, 1.54) is 19.2 Å². The molecular weight excluding hydrogens is 278 g/mol. The maximum atomic E-state index is 12.1. The van der Waals surface area contributed by atoms with E-state index in [1.54, 1.807) is 19.1 Å². The summed E-state index contributed by atoms with van der Waals surface area (Å²) in [5, 5.41) is 2.68. The van der Waals surface area contributed by atoms with Gasteiger partial charge >= 0.3 is 0 Å². The minimum Gasteiger partial charge on any atom is -0.324 e. The summed E-state index contributed by atoms with van der Waals surface area (Å²) >= 11 is 0. The van der Waals surface area contributed by atoms with Gasteiger partial charge in [0.15, 0.2) is 0 Å². The molecule has 1 aromatic carbocycles. The van der Waals surface area contributed by atoms with E-state index in [2.05, 4.69) is 10.0 Å². The van der Waals surface area contributed by atoms with Crippen molar-refractivity contribution in [2.75, 3.05) is 12.4 Å². The van der Waals surface area contributed by atoms with Gasteiger partial charge in [0, 0.05) is 5.69 Å². The third-order valence-electron chi connectivity index (χ3n) is 3.59. The number of nitrogens with two attached hydrogens (primary N) is 1. The molecule has 0 aliphatic heterocycles. The van der Waals surface area contributed by atoms with E-state index >= 15 is 0 Å². The quantitative estimate of drug-likeness (QED) is 0.743. The van der Waals surface area contributed by atoms with Crippen LogP contribution < -0.4 is 15.8 Å². The van der Waals surface area contributed by atoms with Gasteiger partial charge in [0.1, 0.15) is 0 Å². The van der Waals surface area contributed by atoms with Gasteiger partial charge in [-0.05, 0) is 50.9 Å². The Morgan fingerprint density at radius 2 is 2.05 bits per heavy atom. The van der Waals surface area contributed by atoms with E-state index in [-0.39, 0.29) is 16.7 Å². The maximum Gasteiger partial charge on any atom is 0.244 e. The summed E-state index contributed by atoms with van der Waals surface area (Å²) in [4.78, 5) is 12.2. The first-order chi connectivity index (χ1) is 9.27. The second kappa shape index (κ2) is 5.16. The molecule has 1 aliphatic rings. The molecule has 0 bridgehead atoms. The predicted molar refractivity (Wildman–Crippen MR) is 76.6 cm³/mol. The number of hydrogen-bond acceptors (Lipinski definition) is 4. The summed E-state index contributed by atoms with van der Waals surface area (Å²) in [6.07, 6.45) is 1.91. The molecule has 110 valence electrons. The van der Waals surface area contributed by atoms with Crippen molar-refractivity contribution in [3.8, 4) is 0 Å². The van der Waals surface area contributed by atoms with Gasteiger partial charge in [-0.15, -0.1) is 0 Å². The molecule has 0 radical (unpaired) electrons. The van der Waals surface area contributed by atoms with E-state index in [1.807, 2.05) is 0 Å². The Kier molecular flexibility index (Phi) is 3.86. The fourth-order valence-electron chi connectivity index (χ4n) is 1.99. The Morgan fingerprint density at radius 3 is 2.60 bits per heavy atom. The molecule has 0 spiro atoms. The van der Waals surface area contributed by atoms with Gasteiger partial charge < -0.3 is 11.1 Å². The van der Waals surface area contributed by atoms with E-state index < -0.39 is 15.6 Å². The van der Waals surface area contributed by atoms with Gasteiger partial charge in [-0.25, -0.2) is 13.1 Å². The van der Waals surface area contributed by atoms with Crippen LogP contribution in [-0.4, -0.2) is 26.9 Å².